The summed E-state index contributed by atoms with van der Waals surface area (Å²) in [5.41, 5.74) is 3.92. The highest BCUT2D eigenvalue weighted by Crippen LogP contribution is 2.13. The average Bonchev–Trinajstić information content (AvgIpc) is 2.63. The van der Waals surface area contributed by atoms with Crippen molar-refractivity contribution >= 4 is 0 Å². The molecule has 1 heterocycles. The van der Waals surface area contributed by atoms with Crippen LogP contribution in [-0.2, 0) is 13.5 Å². The van der Waals surface area contributed by atoms with E-state index in [0.29, 0.717) is 0 Å². The summed E-state index contributed by atoms with van der Waals surface area (Å²) < 4.78 is 1.98. The van der Waals surface area contributed by atoms with Gasteiger partial charge >= 0.3 is 0 Å². The molecule has 110 valence electrons. The van der Waals surface area contributed by atoms with Gasteiger partial charge in [0.1, 0.15) is 0 Å². The van der Waals surface area contributed by atoms with Gasteiger partial charge in [-0.3, -0.25) is 4.68 Å². The molecule has 0 aliphatic heterocycles. The van der Waals surface area contributed by atoms with Crippen LogP contribution >= 0.6 is 0 Å². The Morgan fingerprint density at radius 3 is 2.21 bits per heavy atom. The van der Waals surface area contributed by atoms with Crippen LogP contribution in [-0.4, -0.2) is 36.0 Å². The molecular weight excluding hydrogens is 236 g/mol. The minimum absolute atomic E-state index is 1.10. The maximum absolute atomic E-state index is 4.46. The molecular formula is C15H30N4. The van der Waals surface area contributed by atoms with Gasteiger partial charge in [0.15, 0.2) is 0 Å². The van der Waals surface area contributed by atoms with Crippen LogP contribution in [0.2, 0.25) is 0 Å². The second kappa shape index (κ2) is 9.10. The first-order chi connectivity index (χ1) is 9.16. The molecule has 2 N–H and O–H groups in total. The van der Waals surface area contributed by atoms with E-state index < -0.39 is 0 Å². The lowest BCUT2D eigenvalue weighted by molar-refractivity contribution is 0.581. The maximum atomic E-state index is 4.46. The second-order valence-corrected chi connectivity index (χ2v) is 5.23. The van der Waals surface area contributed by atoms with Gasteiger partial charge in [-0.25, -0.2) is 0 Å². The van der Waals surface area contributed by atoms with Gasteiger partial charge in [-0.1, -0.05) is 6.92 Å². The fourth-order valence-corrected chi connectivity index (χ4v) is 2.33. The van der Waals surface area contributed by atoms with Crippen LogP contribution in [0.5, 0.6) is 0 Å². The molecule has 0 aromatic carbocycles. The Kier molecular flexibility index (Phi) is 7.75. The molecule has 0 amide bonds. The molecule has 1 aromatic rings. The Hall–Kier alpha value is -0.870. The zero-order valence-corrected chi connectivity index (χ0v) is 13.1. The van der Waals surface area contributed by atoms with E-state index in [2.05, 4.69) is 36.5 Å². The summed E-state index contributed by atoms with van der Waals surface area (Å²) in [5.74, 6) is 0. The molecule has 4 nitrogen and oxygen atoms in total. The van der Waals surface area contributed by atoms with E-state index in [1.54, 1.807) is 0 Å². The predicted octanol–water partition coefficient (Wildman–Crippen LogP) is 1.95. The minimum atomic E-state index is 1.10. The fourth-order valence-electron chi connectivity index (χ4n) is 2.33. The van der Waals surface area contributed by atoms with Crippen LogP contribution in [0.1, 0.15) is 43.1 Å². The predicted molar refractivity (Wildman–Crippen MR) is 81.7 cm³/mol. The fraction of sp³-hybridized carbons (Fsp3) is 0.800. The number of hydrogen-bond acceptors (Lipinski definition) is 3. The number of aromatic nitrogens is 2. The van der Waals surface area contributed by atoms with Gasteiger partial charge in [0.25, 0.3) is 0 Å². The number of nitrogens with zero attached hydrogens (tertiary/aromatic N) is 2. The largest absolute Gasteiger partial charge is 0.317 e. The SMILES string of the molecule is CCCNCCCNCCCc1c(C)nn(C)c1C. The molecule has 0 bridgehead atoms. The number of aryl methyl sites for hydroxylation is 2. The molecule has 0 saturated heterocycles. The Morgan fingerprint density at radius 2 is 1.63 bits per heavy atom. The van der Waals surface area contributed by atoms with Crippen molar-refractivity contribution in [1.82, 2.24) is 20.4 Å². The van der Waals surface area contributed by atoms with Crippen molar-refractivity contribution in [2.75, 3.05) is 26.2 Å². The summed E-state index contributed by atoms with van der Waals surface area (Å²) in [4.78, 5) is 0. The summed E-state index contributed by atoms with van der Waals surface area (Å²) in [6.07, 6.45) is 4.75. The third-order valence-corrected chi connectivity index (χ3v) is 3.57. The van der Waals surface area contributed by atoms with Crippen LogP contribution < -0.4 is 10.6 Å². The summed E-state index contributed by atoms with van der Waals surface area (Å²) in [6.45, 7) is 10.9. The van der Waals surface area contributed by atoms with Gasteiger partial charge in [0, 0.05) is 12.7 Å². The Bertz CT molecular complexity index is 357. The van der Waals surface area contributed by atoms with Crippen molar-refractivity contribution in [3.05, 3.63) is 17.0 Å². The first-order valence-electron chi connectivity index (χ1n) is 7.57. The summed E-state index contributed by atoms with van der Waals surface area (Å²) in [5, 5.41) is 11.4. The van der Waals surface area contributed by atoms with Crippen molar-refractivity contribution in [1.29, 1.82) is 0 Å². The number of hydrogen-bond donors (Lipinski definition) is 2. The molecule has 4 heteroatoms. The van der Waals surface area contributed by atoms with Crippen molar-refractivity contribution in [2.24, 2.45) is 7.05 Å². The van der Waals surface area contributed by atoms with Gasteiger partial charge in [0.2, 0.25) is 0 Å². The quantitative estimate of drug-likeness (QED) is 0.636. The van der Waals surface area contributed by atoms with Gasteiger partial charge in [-0.05, 0) is 71.3 Å². The van der Waals surface area contributed by atoms with E-state index in [9.17, 15) is 0 Å². The Balaban J connectivity index is 2.05. The van der Waals surface area contributed by atoms with Crippen LogP contribution in [0.15, 0.2) is 0 Å². The molecule has 0 aliphatic rings. The molecule has 0 spiro atoms. The standard InChI is InChI=1S/C15H30N4/c1-5-9-16-11-7-12-17-10-6-8-15-13(2)18-19(4)14(15)3/h16-17H,5-12H2,1-4H3. The molecule has 1 aromatic heterocycles. The van der Waals surface area contributed by atoms with E-state index in [1.807, 2.05) is 11.7 Å². The molecule has 0 fully saturated rings. The molecule has 0 atom stereocenters. The molecule has 1 rings (SSSR count). The van der Waals surface area contributed by atoms with Crippen LogP contribution in [0.3, 0.4) is 0 Å². The normalized spacial score (nSPS) is 11.2. The third kappa shape index (κ3) is 5.74. The number of rotatable bonds is 10. The van der Waals surface area contributed by atoms with E-state index in [1.165, 1.54) is 36.2 Å². The monoisotopic (exact) mass is 266 g/mol. The first-order valence-corrected chi connectivity index (χ1v) is 7.57. The van der Waals surface area contributed by atoms with Crippen LogP contribution in [0.4, 0.5) is 0 Å². The highest BCUT2D eigenvalue weighted by molar-refractivity contribution is 5.24. The molecule has 0 radical (unpaired) electrons. The number of nitrogens with one attached hydrogen (secondary N) is 2. The van der Waals surface area contributed by atoms with E-state index in [0.717, 1.165) is 32.6 Å². The van der Waals surface area contributed by atoms with Crippen molar-refractivity contribution in [2.45, 2.75) is 46.5 Å². The smallest absolute Gasteiger partial charge is 0.0628 e. The first kappa shape index (κ1) is 16.2. The summed E-state index contributed by atoms with van der Waals surface area (Å²) >= 11 is 0. The second-order valence-electron chi connectivity index (χ2n) is 5.23. The summed E-state index contributed by atoms with van der Waals surface area (Å²) in [7, 11) is 2.02. The maximum Gasteiger partial charge on any atom is 0.0628 e. The van der Waals surface area contributed by atoms with E-state index in [4.69, 9.17) is 0 Å². The highest BCUT2D eigenvalue weighted by atomic mass is 15.3. The third-order valence-electron chi connectivity index (χ3n) is 3.57. The summed E-state index contributed by atoms with van der Waals surface area (Å²) in [6, 6.07) is 0. The zero-order valence-electron chi connectivity index (χ0n) is 13.1. The van der Waals surface area contributed by atoms with Crippen molar-refractivity contribution < 1.29 is 0 Å². The van der Waals surface area contributed by atoms with Gasteiger partial charge in [-0.2, -0.15) is 5.10 Å². The van der Waals surface area contributed by atoms with Crippen LogP contribution in [0, 0.1) is 13.8 Å². The van der Waals surface area contributed by atoms with Crippen molar-refractivity contribution in [3.63, 3.8) is 0 Å². The van der Waals surface area contributed by atoms with E-state index >= 15 is 0 Å². The average molecular weight is 266 g/mol. The lowest BCUT2D eigenvalue weighted by Crippen LogP contribution is -2.23. The molecule has 0 saturated carbocycles. The van der Waals surface area contributed by atoms with Gasteiger partial charge in [0.05, 0.1) is 5.69 Å². The van der Waals surface area contributed by atoms with Crippen LogP contribution in [0.25, 0.3) is 0 Å². The van der Waals surface area contributed by atoms with E-state index in [-0.39, 0.29) is 0 Å². The lowest BCUT2D eigenvalue weighted by Gasteiger charge is -2.06. The highest BCUT2D eigenvalue weighted by Gasteiger charge is 2.07. The van der Waals surface area contributed by atoms with Crippen molar-refractivity contribution in [3.8, 4) is 0 Å². The van der Waals surface area contributed by atoms with Gasteiger partial charge in [-0.15, -0.1) is 0 Å². The van der Waals surface area contributed by atoms with Gasteiger partial charge < -0.3 is 10.6 Å². The zero-order chi connectivity index (χ0) is 14.1. The molecule has 0 unspecified atom stereocenters. The lowest BCUT2D eigenvalue weighted by atomic mass is 10.1. The minimum Gasteiger partial charge on any atom is -0.317 e. The topological polar surface area (TPSA) is 41.9 Å². The molecule has 19 heavy (non-hydrogen) atoms. The Morgan fingerprint density at radius 1 is 1.00 bits per heavy atom. The molecule has 0 aliphatic carbocycles. The Labute approximate surface area is 118 Å².